The monoisotopic (exact) mass is 179 g/mol. The van der Waals surface area contributed by atoms with E-state index in [2.05, 4.69) is 25.8 Å². The van der Waals surface area contributed by atoms with Crippen molar-refractivity contribution in [2.75, 3.05) is 7.05 Å². The second-order valence-corrected chi connectivity index (χ2v) is 2.08. The Morgan fingerprint density at radius 2 is 2.46 bits per heavy atom. The predicted octanol–water partition coefficient (Wildman–Crippen LogP) is -0.261. The summed E-state index contributed by atoms with van der Waals surface area (Å²) in [7, 11) is 1.51. The van der Waals surface area contributed by atoms with Gasteiger partial charge in [-0.1, -0.05) is 0 Å². The number of urea groups is 1. The molecule has 0 radical (unpaired) electrons. The molecular formula is C7H9N5O. The van der Waals surface area contributed by atoms with Crippen molar-refractivity contribution >= 4 is 12.2 Å². The normalized spacial score (nSPS) is 9.92. The summed E-state index contributed by atoms with van der Waals surface area (Å²) in [5.41, 5.74) is 2.81. The number of nitrogens with one attached hydrogen (secondary N) is 2. The van der Waals surface area contributed by atoms with Gasteiger partial charge in [-0.2, -0.15) is 5.10 Å². The van der Waals surface area contributed by atoms with Gasteiger partial charge in [0.05, 0.1) is 12.4 Å². The Bertz CT molecular complexity index is 297. The SMILES string of the molecule is CNC(=O)N/N=C/c1cnccn1. The smallest absolute Gasteiger partial charge is 0.334 e. The summed E-state index contributed by atoms with van der Waals surface area (Å²) >= 11 is 0. The van der Waals surface area contributed by atoms with E-state index in [1.165, 1.54) is 19.5 Å². The molecule has 0 saturated carbocycles. The summed E-state index contributed by atoms with van der Waals surface area (Å²) < 4.78 is 0. The van der Waals surface area contributed by atoms with Gasteiger partial charge in [0.15, 0.2) is 0 Å². The van der Waals surface area contributed by atoms with E-state index in [9.17, 15) is 4.79 Å². The summed E-state index contributed by atoms with van der Waals surface area (Å²) in [6.07, 6.45) is 6.04. The standard InChI is InChI=1S/C7H9N5O/c1-8-7(13)12-11-5-6-4-9-2-3-10-6/h2-5H,1H3,(H2,8,12,13)/b11-5+. The van der Waals surface area contributed by atoms with Gasteiger partial charge in [0, 0.05) is 19.4 Å². The number of aromatic nitrogens is 2. The summed E-state index contributed by atoms with van der Waals surface area (Å²) in [5, 5.41) is 5.97. The Morgan fingerprint density at radius 3 is 3.08 bits per heavy atom. The molecule has 6 nitrogen and oxygen atoms in total. The maximum Gasteiger partial charge on any atom is 0.334 e. The molecule has 0 aromatic carbocycles. The van der Waals surface area contributed by atoms with Crippen LogP contribution in [-0.4, -0.2) is 29.3 Å². The van der Waals surface area contributed by atoms with Crippen molar-refractivity contribution in [2.45, 2.75) is 0 Å². The molecule has 0 saturated heterocycles. The highest BCUT2D eigenvalue weighted by Crippen LogP contribution is 1.82. The third kappa shape index (κ3) is 3.28. The van der Waals surface area contributed by atoms with Gasteiger partial charge in [-0.15, -0.1) is 0 Å². The fourth-order valence-electron chi connectivity index (χ4n) is 0.590. The van der Waals surface area contributed by atoms with Crippen LogP contribution in [0.15, 0.2) is 23.7 Å². The lowest BCUT2D eigenvalue weighted by Gasteiger charge is -1.94. The van der Waals surface area contributed by atoms with Gasteiger partial charge < -0.3 is 5.32 Å². The highest BCUT2D eigenvalue weighted by Gasteiger charge is 1.90. The lowest BCUT2D eigenvalue weighted by atomic mass is 10.5. The quantitative estimate of drug-likeness (QED) is 0.485. The predicted molar refractivity (Wildman–Crippen MR) is 47.2 cm³/mol. The minimum absolute atomic E-state index is 0.375. The van der Waals surface area contributed by atoms with Crippen molar-refractivity contribution in [1.29, 1.82) is 0 Å². The number of rotatable bonds is 2. The first-order valence-electron chi connectivity index (χ1n) is 3.59. The molecule has 0 unspecified atom stereocenters. The number of nitrogens with zero attached hydrogens (tertiary/aromatic N) is 3. The molecule has 13 heavy (non-hydrogen) atoms. The van der Waals surface area contributed by atoms with Gasteiger partial charge in [0.1, 0.15) is 5.69 Å². The van der Waals surface area contributed by atoms with E-state index in [0.29, 0.717) is 5.69 Å². The Morgan fingerprint density at radius 1 is 1.62 bits per heavy atom. The topological polar surface area (TPSA) is 79.3 Å². The molecule has 0 aliphatic heterocycles. The molecule has 0 fully saturated rings. The first-order valence-corrected chi connectivity index (χ1v) is 3.59. The van der Waals surface area contributed by atoms with E-state index in [-0.39, 0.29) is 6.03 Å². The van der Waals surface area contributed by atoms with Crippen molar-refractivity contribution in [3.8, 4) is 0 Å². The molecule has 6 heteroatoms. The van der Waals surface area contributed by atoms with E-state index in [1.54, 1.807) is 12.4 Å². The van der Waals surface area contributed by atoms with Gasteiger partial charge in [0.2, 0.25) is 0 Å². The molecule has 2 amide bonds. The largest absolute Gasteiger partial charge is 0.340 e. The average molecular weight is 179 g/mol. The molecule has 0 aliphatic carbocycles. The number of carbonyl (C=O) groups is 1. The van der Waals surface area contributed by atoms with Crippen LogP contribution >= 0.6 is 0 Å². The molecule has 1 rings (SSSR count). The molecule has 1 aromatic heterocycles. The highest BCUT2D eigenvalue weighted by molar-refractivity contribution is 5.79. The molecule has 0 bridgehead atoms. The van der Waals surface area contributed by atoms with Crippen LogP contribution in [-0.2, 0) is 0 Å². The van der Waals surface area contributed by atoms with Gasteiger partial charge in [-0.05, 0) is 0 Å². The summed E-state index contributed by atoms with van der Waals surface area (Å²) in [4.78, 5) is 18.4. The molecule has 0 atom stereocenters. The maximum absolute atomic E-state index is 10.6. The minimum atomic E-state index is -0.375. The first kappa shape index (κ1) is 9.11. The van der Waals surface area contributed by atoms with E-state index in [4.69, 9.17) is 0 Å². The number of hydrazone groups is 1. The third-order valence-corrected chi connectivity index (χ3v) is 1.17. The fourth-order valence-corrected chi connectivity index (χ4v) is 0.590. The molecule has 0 spiro atoms. The summed E-state index contributed by atoms with van der Waals surface area (Å²) in [5.74, 6) is 0. The second-order valence-electron chi connectivity index (χ2n) is 2.08. The van der Waals surface area contributed by atoms with E-state index in [1.807, 2.05) is 0 Å². The van der Waals surface area contributed by atoms with Gasteiger partial charge in [-0.3, -0.25) is 9.97 Å². The zero-order chi connectivity index (χ0) is 9.52. The van der Waals surface area contributed by atoms with Crippen LogP contribution in [0.25, 0.3) is 0 Å². The Balaban J connectivity index is 2.45. The highest BCUT2D eigenvalue weighted by atomic mass is 16.2. The van der Waals surface area contributed by atoms with Gasteiger partial charge >= 0.3 is 6.03 Å². The van der Waals surface area contributed by atoms with Crippen LogP contribution in [0, 0.1) is 0 Å². The molecule has 1 heterocycles. The van der Waals surface area contributed by atoms with Crippen molar-refractivity contribution < 1.29 is 4.79 Å². The number of carbonyl (C=O) groups excluding carboxylic acids is 1. The minimum Gasteiger partial charge on any atom is -0.340 e. The van der Waals surface area contributed by atoms with Gasteiger partial charge in [0.25, 0.3) is 0 Å². The Kier molecular flexibility index (Phi) is 3.37. The maximum atomic E-state index is 10.6. The molecule has 0 aliphatic rings. The molecule has 68 valence electrons. The van der Waals surface area contributed by atoms with E-state index in [0.717, 1.165) is 0 Å². The summed E-state index contributed by atoms with van der Waals surface area (Å²) in [6.45, 7) is 0. The first-order chi connectivity index (χ1) is 6.33. The number of amides is 2. The second kappa shape index (κ2) is 4.81. The lowest BCUT2D eigenvalue weighted by molar-refractivity contribution is 0.243. The van der Waals surface area contributed by atoms with Crippen molar-refractivity contribution in [3.05, 3.63) is 24.3 Å². The van der Waals surface area contributed by atoms with Crippen LogP contribution in [0.1, 0.15) is 5.69 Å². The molecular weight excluding hydrogens is 170 g/mol. The van der Waals surface area contributed by atoms with Crippen LogP contribution in [0.5, 0.6) is 0 Å². The Labute approximate surface area is 75.1 Å². The van der Waals surface area contributed by atoms with Crippen LogP contribution in [0.3, 0.4) is 0 Å². The van der Waals surface area contributed by atoms with Crippen molar-refractivity contribution in [2.24, 2.45) is 5.10 Å². The summed E-state index contributed by atoms with van der Waals surface area (Å²) in [6, 6.07) is -0.375. The van der Waals surface area contributed by atoms with Crippen molar-refractivity contribution in [1.82, 2.24) is 20.7 Å². The van der Waals surface area contributed by atoms with Gasteiger partial charge in [-0.25, -0.2) is 10.2 Å². The van der Waals surface area contributed by atoms with Crippen LogP contribution in [0.4, 0.5) is 4.79 Å². The Hall–Kier alpha value is -1.98. The fraction of sp³-hybridized carbons (Fsp3) is 0.143. The average Bonchev–Trinajstić information content (AvgIpc) is 2.19. The zero-order valence-corrected chi connectivity index (χ0v) is 7.06. The third-order valence-electron chi connectivity index (χ3n) is 1.17. The van der Waals surface area contributed by atoms with E-state index >= 15 is 0 Å². The number of hydrogen-bond donors (Lipinski definition) is 2. The molecule has 2 N–H and O–H groups in total. The van der Waals surface area contributed by atoms with E-state index < -0.39 is 0 Å². The lowest BCUT2D eigenvalue weighted by Crippen LogP contribution is -2.28. The molecule has 1 aromatic rings. The van der Waals surface area contributed by atoms with Crippen molar-refractivity contribution in [3.63, 3.8) is 0 Å². The zero-order valence-electron chi connectivity index (χ0n) is 7.06. The van der Waals surface area contributed by atoms with Crippen LogP contribution in [0.2, 0.25) is 0 Å². The number of hydrogen-bond acceptors (Lipinski definition) is 4. The van der Waals surface area contributed by atoms with Crippen LogP contribution < -0.4 is 10.7 Å².